The van der Waals surface area contributed by atoms with Gasteiger partial charge in [-0.3, -0.25) is 4.79 Å². The first-order chi connectivity index (χ1) is 10.3. The van der Waals surface area contributed by atoms with E-state index in [1.807, 2.05) is 17.0 Å². The van der Waals surface area contributed by atoms with Crippen LogP contribution in [0.25, 0.3) is 0 Å². The van der Waals surface area contributed by atoms with Crippen LogP contribution in [0.3, 0.4) is 0 Å². The molecule has 3 rings (SSSR count). The summed E-state index contributed by atoms with van der Waals surface area (Å²) in [5.74, 6) is 1.39. The zero-order chi connectivity index (χ0) is 14.7. The number of nitrogens with zero attached hydrogens (tertiary/aromatic N) is 2. The normalized spacial score (nSPS) is 20.5. The van der Waals surface area contributed by atoms with Gasteiger partial charge >= 0.3 is 0 Å². The third kappa shape index (κ3) is 4.66. The van der Waals surface area contributed by atoms with Crippen LogP contribution in [0.15, 0.2) is 24.3 Å². The molecule has 1 unspecified atom stereocenters. The number of ether oxygens (including phenoxy) is 1. The first kappa shape index (κ1) is 19.9. The fourth-order valence-corrected chi connectivity index (χ4v) is 3.12. The number of methoxy groups -OCH3 is 1. The van der Waals surface area contributed by atoms with Gasteiger partial charge in [0.2, 0.25) is 5.91 Å². The Balaban J connectivity index is 0.00000132. The van der Waals surface area contributed by atoms with Crippen molar-refractivity contribution in [2.45, 2.75) is 6.42 Å². The number of halogens is 2. The summed E-state index contributed by atoms with van der Waals surface area (Å²) >= 11 is 0. The summed E-state index contributed by atoms with van der Waals surface area (Å²) in [6.07, 6.45) is 0.981. The molecule has 2 saturated heterocycles. The minimum absolute atomic E-state index is 0. The molecule has 2 heterocycles. The molecule has 0 aliphatic carbocycles. The maximum atomic E-state index is 12.4. The number of carbonyl (C=O) groups excluding carboxylic acids is 1. The third-order valence-corrected chi connectivity index (χ3v) is 4.42. The lowest BCUT2D eigenvalue weighted by molar-refractivity contribution is -0.135. The van der Waals surface area contributed by atoms with E-state index in [2.05, 4.69) is 22.3 Å². The fourth-order valence-electron chi connectivity index (χ4n) is 3.12. The molecule has 0 spiro atoms. The quantitative estimate of drug-likeness (QED) is 0.891. The molecule has 0 radical (unpaired) electrons. The lowest BCUT2D eigenvalue weighted by Gasteiger charge is -2.37. The fraction of sp³-hybridized carbons (Fsp3) is 0.562. The summed E-state index contributed by atoms with van der Waals surface area (Å²) in [4.78, 5) is 16.7. The topological polar surface area (TPSA) is 44.8 Å². The summed E-state index contributed by atoms with van der Waals surface area (Å²) in [6, 6.07) is 8.12. The van der Waals surface area contributed by atoms with Crippen LogP contribution in [0.2, 0.25) is 0 Å². The first-order valence-electron chi connectivity index (χ1n) is 7.66. The van der Waals surface area contributed by atoms with Crippen molar-refractivity contribution in [1.82, 2.24) is 10.2 Å². The Morgan fingerprint density at radius 3 is 2.57 bits per heavy atom. The Bertz CT molecular complexity index is 502. The van der Waals surface area contributed by atoms with Gasteiger partial charge in [0, 0.05) is 44.5 Å². The van der Waals surface area contributed by atoms with Crippen molar-refractivity contribution in [2.24, 2.45) is 5.92 Å². The number of hydrogen-bond acceptors (Lipinski definition) is 4. The molecule has 0 aromatic heterocycles. The van der Waals surface area contributed by atoms with Gasteiger partial charge < -0.3 is 19.9 Å². The Labute approximate surface area is 150 Å². The van der Waals surface area contributed by atoms with Gasteiger partial charge in [0.15, 0.2) is 0 Å². The molecule has 2 aliphatic heterocycles. The number of piperazine rings is 1. The van der Waals surface area contributed by atoms with Crippen molar-refractivity contribution in [3.63, 3.8) is 0 Å². The number of amides is 1. The average molecular weight is 362 g/mol. The highest BCUT2D eigenvalue weighted by molar-refractivity contribution is 5.85. The molecule has 1 aromatic carbocycles. The second-order valence-electron chi connectivity index (χ2n) is 5.70. The van der Waals surface area contributed by atoms with Crippen molar-refractivity contribution in [3.8, 4) is 5.75 Å². The standard InChI is InChI=1S/C16H23N3O2.2ClH/c1-21-15-4-2-3-14(11-15)18-7-9-19(10-8-18)16(20)13-5-6-17-12-13;;/h2-4,11,13,17H,5-10,12H2,1H3;2*1H. The molecular weight excluding hydrogens is 337 g/mol. The molecule has 1 atom stereocenters. The minimum Gasteiger partial charge on any atom is -0.497 e. The molecule has 1 aromatic rings. The van der Waals surface area contributed by atoms with Crippen molar-refractivity contribution >= 4 is 36.4 Å². The number of carbonyl (C=O) groups is 1. The smallest absolute Gasteiger partial charge is 0.227 e. The van der Waals surface area contributed by atoms with Crippen LogP contribution in [-0.4, -0.2) is 57.2 Å². The monoisotopic (exact) mass is 361 g/mol. The molecule has 0 bridgehead atoms. The van der Waals surface area contributed by atoms with E-state index in [0.717, 1.165) is 51.4 Å². The van der Waals surface area contributed by atoms with Gasteiger partial charge in [0.05, 0.1) is 13.0 Å². The van der Waals surface area contributed by atoms with Gasteiger partial charge in [-0.15, -0.1) is 24.8 Å². The Kier molecular flexibility index (Phi) is 7.95. The van der Waals surface area contributed by atoms with Gasteiger partial charge in [-0.1, -0.05) is 6.07 Å². The average Bonchev–Trinajstić information content (AvgIpc) is 3.09. The van der Waals surface area contributed by atoms with E-state index >= 15 is 0 Å². The largest absolute Gasteiger partial charge is 0.497 e. The number of anilines is 1. The van der Waals surface area contributed by atoms with Crippen molar-refractivity contribution in [1.29, 1.82) is 0 Å². The maximum absolute atomic E-state index is 12.4. The van der Waals surface area contributed by atoms with E-state index in [-0.39, 0.29) is 30.7 Å². The molecule has 5 nitrogen and oxygen atoms in total. The van der Waals surface area contributed by atoms with Crippen molar-refractivity contribution < 1.29 is 9.53 Å². The van der Waals surface area contributed by atoms with Crippen molar-refractivity contribution in [3.05, 3.63) is 24.3 Å². The molecule has 2 aliphatic rings. The molecule has 1 N–H and O–H groups in total. The number of benzene rings is 1. The molecular formula is C16H25Cl2N3O2. The second kappa shape index (κ2) is 9.21. The number of hydrogen-bond donors (Lipinski definition) is 1. The summed E-state index contributed by atoms with van der Waals surface area (Å²) in [7, 11) is 1.69. The predicted octanol–water partition coefficient (Wildman–Crippen LogP) is 1.80. The summed E-state index contributed by atoms with van der Waals surface area (Å²) < 4.78 is 5.27. The van der Waals surface area contributed by atoms with Crippen LogP contribution in [0, 0.1) is 5.92 Å². The minimum atomic E-state index is 0. The number of nitrogens with one attached hydrogen (secondary N) is 1. The van der Waals surface area contributed by atoms with Crippen molar-refractivity contribution in [2.75, 3.05) is 51.3 Å². The van der Waals surface area contributed by atoms with E-state index in [1.165, 1.54) is 5.69 Å². The molecule has 1 amide bonds. The third-order valence-electron chi connectivity index (χ3n) is 4.42. The highest BCUT2D eigenvalue weighted by Crippen LogP contribution is 2.22. The molecule has 2 fully saturated rings. The Hall–Kier alpha value is -1.17. The highest BCUT2D eigenvalue weighted by Gasteiger charge is 2.29. The van der Waals surface area contributed by atoms with Crippen LogP contribution in [-0.2, 0) is 4.79 Å². The zero-order valence-electron chi connectivity index (χ0n) is 13.4. The maximum Gasteiger partial charge on any atom is 0.227 e. The summed E-state index contributed by atoms with van der Waals surface area (Å²) in [6.45, 7) is 5.21. The van der Waals surface area contributed by atoms with E-state index < -0.39 is 0 Å². The number of rotatable bonds is 3. The van der Waals surface area contributed by atoms with Gasteiger partial charge in [0.1, 0.15) is 5.75 Å². The summed E-state index contributed by atoms with van der Waals surface area (Å²) in [5, 5.41) is 3.27. The van der Waals surface area contributed by atoms with E-state index in [4.69, 9.17) is 4.74 Å². The SMILES string of the molecule is COc1cccc(N2CCN(C(=O)C3CCNC3)CC2)c1.Cl.Cl. The zero-order valence-corrected chi connectivity index (χ0v) is 15.0. The van der Waals surface area contributed by atoms with E-state index in [9.17, 15) is 4.79 Å². The second-order valence-corrected chi connectivity index (χ2v) is 5.70. The van der Waals surface area contributed by atoms with Crippen LogP contribution in [0.1, 0.15) is 6.42 Å². The lowest BCUT2D eigenvalue weighted by atomic mass is 10.1. The Morgan fingerprint density at radius 2 is 1.96 bits per heavy atom. The van der Waals surface area contributed by atoms with Gasteiger partial charge in [-0.05, 0) is 25.1 Å². The van der Waals surface area contributed by atoms with Crippen LogP contribution in [0.5, 0.6) is 5.75 Å². The molecule has 7 heteroatoms. The van der Waals surface area contributed by atoms with Gasteiger partial charge in [0.25, 0.3) is 0 Å². The molecule has 0 saturated carbocycles. The van der Waals surface area contributed by atoms with E-state index in [0.29, 0.717) is 5.91 Å². The van der Waals surface area contributed by atoms with Gasteiger partial charge in [-0.2, -0.15) is 0 Å². The predicted molar refractivity (Wildman–Crippen MR) is 97.3 cm³/mol. The van der Waals surface area contributed by atoms with Crippen LogP contribution < -0.4 is 15.0 Å². The lowest BCUT2D eigenvalue weighted by Crippen LogP contribution is -2.50. The van der Waals surface area contributed by atoms with E-state index in [1.54, 1.807) is 7.11 Å². The van der Waals surface area contributed by atoms with Crippen LogP contribution >= 0.6 is 24.8 Å². The molecule has 23 heavy (non-hydrogen) atoms. The summed E-state index contributed by atoms with van der Waals surface area (Å²) in [5.41, 5.74) is 1.17. The first-order valence-corrected chi connectivity index (χ1v) is 7.66. The van der Waals surface area contributed by atoms with Gasteiger partial charge in [-0.25, -0.2) is 0 Å². The Morgan fingerprint density at radius 1 is 1.22 bits per heavy atom. The molecule has 130 valence electrons. The highest BCUT2D eigenvalue weighted by atomic mass is 35.5. The van der Waals surface area contributed by atoms with Crippen LogP contribution in [0.4, 0.5) is 5.69 Å².